The molecule has 1 amide bonds. The molecule has 2 saturated heterocycles. The van der Waals surface area contributed by atoms with Gasteiger partial charge in [-0.3, -0.25) is 9.59 Å². The fourth-order valence-corrected chi connectivity index (χ4v) is 3.54. The maximum absolute atomic E-state index is 12.3. The summed E-state index contributed by atoms with van der Waals surface area (Å²) in [5.41, 5.74) is -0.154. The van der Waals surface area contributed by atoms with Gasteiger partial charge in [-0.1, -0.05) is 0 Å². The summed E-state index contributed by atoms with van der Waals surface area (Å²) in [5.74, 6) is 0.656. The number of amides is 1. The number of morpholine rings is 1. The number of rotatable bonds is 5. The van der Waals surface area contributed by atoms with Crippen molar-refractivity contribution in [2.45, 2.75) is 38.3 Å². The van der Waals surface area contributed by atoms with Crippen molar-refractivity contribution in [3.8, 4) is 0 Å². The van der Waals surface area contributed by atoms with Crippen LogP contribution in [0.5, 0.6) is 0 Å². The molecule has 0 spiro atoms. The molecule has 2 aliphatic heterocycles. The maximum Gasteiger partial charge on any atom is 0.290 e. The SMILES string of the molecule is C[C@@H](CC(=O)N1CCOCC1)N[C@H]1CCCN(c2ncc[nH]c2=O)C1. The van der Waals surface area contributed by atoms with Gasteiger partial charge in [-0.15, -0.1) is 0 Å². The van der Waals surface area contributed by atoms with Crippen molar-refractivity contribution in [2.24, 2.45) is 0 Å². The average Bonchev–Trinajstić information content (AvgIpc) is 2.63. The quantitative estimate of drug-likeness (QED) is 0.776. The Bertz CT molecular complexity index is 629. The molecule has 2 N–H and O–H groups in total. The molecule has 1 aromatic rings. The standard InChI is InChI=1S/C17H27N5O3/c1-13(11-15(23)21-7-9-25-10-8-21)20-14-3-2-6-22(12-14)16-17(24)19-5-4-18-16/h4-5,13-14,20H,2-3,6-12H2,1H3,(H,19,24)/t13-,14-/m0/s1. The molecule has 2 atom stereocenters. The normalized spacial score (nSPS) is 22.7. The van der Waals surface area contributed by atoms with Crippen molar-refractivity contribution in [1.29, 1.82) is 0 Å². The molecule has 0 unspecified atom stereocenters. The highest BCUT2D eigenvalue weighted by Gasteiger charge is 2.25. The van der Waals surface area contributed by atoms with E-state index in [0.717, 1.165) is 25.9 Å². The molecule has 0 saturated carbocycles. The van der Waals surface area contributed by atoms with Gasteiger partial charge in [0.25, 0.3) is 5.56 Å². The number of carbonyl (C=O) groups excluding carboxylic acids is 1. The summed E-state index contributed by atoms with van der Waals surface area (Å²) in [4.78, 5) is 35.1. The second-order valence-electron chi connectivity index (χ2n) is 6.79. The van der Waals surface area contributed by atoms with E-state index in [-0.39, 0.29) is 23.6 Å². The third kappa shape index (κ3) is 4.79. The van der Waals surface area contributed by atoms with Crippen molar-refractivity contribution in [3.63, 3.8) is 0 Å². The fraction of sp³-hybridized carbons (Fsp3) is 0.706. The van der Waals surface area contributed by atoms with Crippen molar-refractivity contribution in [3.05, 3.63) is 22.7 Å². The van der Waals surface area contributed by atoms with E-state index in [9.17, 15) is 9.59 Å². The first kappa shape index (κ1) is 17.9. The van der Waals surface area contributed by atoms with Crippen LogP contribution in [0.15, 0.2) is 17.2 Å². The van der Waals surface area contributed by atoms with Crippen LogP contribution in [0.3, 0.4) is 0 Å². The van der Waals surface area contributed by atoms with Gasteiger partial charge in [0.15, 0.2) is 5.82 Å². The summed E-state index contributed by atoms with van der Waals surface area (Å²) >= 11 is 0. The highest BCUT2D eigenvalue weighted by atomic mass is 16.5. The van der Waals surface area contributed by atoms with E-state index in [1.54, 1.807) is 12.4 Å². The number of aromatic nitrogens is 2. The number of ether oxygens (including phenoxy) is 1. The van der Waals surface area contributed by atoms with Crippen LogP contribution in [-0.4, -0.2) is 72.3 Å². The number of hydrogen-bond donors (Lipinski definition) is 2. The molecule has 2 fully saturated rings. The number of H-pyrrole nitrogens is 1. The summed E-state index contributed by atoms with van der Waals surface area (Å²) in [6.07, 6.45) is 5.68. The second-order valence-corrected chi connectivity index (χ2v) is 6.79. The van der Waals surface area contributed by atoms with Crippen LogP contribution in [0.4, 0.5) is 5.82 Å². The minimum absolute atomic E-state index is 0.0994. The zero-order valence-electron chi connectivity index (χ0n) is 14.7. The van der Waals surface area contributed by atoms with Crippen LogP contribution in [-0.2, 0) is 9.53 Å². The highest BCUT2D eigenvalue weighted by molar-refractivity contribution is 5.76. The van der Waals surface area contributed by atoms with Crippen molar-refractivity contribution in [2.75, 3.05) is 44.3 Å². The number of nitrogens with zero attached hydrogens (tertiary/aromatic N) is 3. The average molecular weight is 349 g/mol. The smallest absolute Gasteiger partial charge is 0.290 e. The van der Waals surface area contributed by atoms with Crippen LogP contribution >= 0.6 is 0 Å². The van der Waals surface area contributed by atoms with Gasteiger partial charge in [-0.25, -0.2) is 4.98 Å². The van der Waals surface area contributed by atoms with Crippen LogP contribution in [0, 0.1) is 0 Å². The molecule has 0 aliphatic carbocycles. The van der Waals surface area contributed by atoms with Gasteiger partial charge in [0.1, 0.15) is 0 Å². The number of nitrogens with one attached hydrogen (secondary N) is 2. The van der Waals surface area contributed by atoms with Gasteiger partial charge < -0.3 is 24.8 Å². The van der Waals surface area contributed by atoms with Crippen LogP contribution in [0.2, 0.25) is 0 Å². The molecule has 25 heavy (non-hydrogen) atoms. The Kier molecular flexibility index (Phi) is 6.04. The van der Waals surface area contributed by atoms with Crippen molar-refractivity contribution in [1.82, 2.24) is 20.2 Å². The molecule has 1 aromatic heterocycles. The zero-order valence-corrected chi connectivity index (χ0v) is 14.7. The lowest BCUT2D eigenvalue weighted by molar-refractivity contribution is -0.135. The molecular weight excluding hydrogens is 322 g/mol. The monoisotopic (exact) mass is 349 g/mol. The first-order chi connectivity index (χ1) is 12.1. The lowest BCUT2D eigenvalue weighted by atomic mass is 10.0. The Labute approximate surface area is 147 Å². The lowest BCUT2D eigenvalue weighted by Crippen LogP contribution is -2.51. The molecule has 8 heteroatoms. The van der Waals surface area contributed by atoms with E-state index >= 15 is 0 Å². The van der Waals surface area contributed by atoms with E-state index in [4.69, 9.17) is 4.74 Å². The number of piperidine rings is 1. The van der Waals surface area contributed by atoms with Crippen molar-refractivity contribution < 1.29 is 9.53 Å². The molecular formula is C17H27N5O3. The van der Waals surface area contributed by atoms with Gasteiger partial charge in [0, 0.05) is 57.1 Å². The number of hydrogen-bond acceptors (Lipinski definition) is 6. The Balaban J connectivity index is 1.51. The summed E-state index contributed by atoms with van der Waals surface area (Å²) in [7, 11) is 0. The molecule has 0 bridgehead atoms. The second kappa shape index (κ2) is 8.44. The largest absolute Gasteiger partial charge is 0.378 e. The van der Waals surface area contributed by atoms with Crippen LogP contribution in [0.25, 0.3) is 0 Å². The van der Waals surface area contributed by atoms with Gasteiger partial charge >= 0.3 is 0 Å². The summed E-state index contributed by atoms with van der Waals surface area (Å²) in [6, 6.07) is 0.352. The molecule has 3 rings (SSSR count). The summed E-state index contributed by atoms with van der Waals surface area (Å²) < 4.78 is 5.29. The Morgan fingerprint density at radius 3 is 3.00 bits per heavy atom. The first-order valence-electron chi connectivity index (χ1n) is 9.03. The van der Waals surface area contributed by atoms with Gasteiger partial charge in [0.2, 0.25) is 5.91 Å². The molecule has 2 aliphatic rings. The third-order valence-electron chi connectivity index (χ3n) is 4.77. The Morgan fingerprint density at radius 1 is 1.44 bits per heavy atom. The zero-order chi connectivity index (χ0) is 17.6. The molecule has 3 heterocycles. The van der Waals surface area contributed by atoms with E-state index in [1.165, 1.54) is 0 Å². The van der Waals surface area contributed by atoms with Crippen LogP contribution < -0.4 is 15.8 Å². The predicted molar refractivity (Wildman–Crippen MR) is 94.7 cm³/mol. The van der Waals surface area contributed by atoms with Gasteiger partial charge in [0.05, 0.1) is 13.2 Å². The van der Waals surface area contributed by atoms with E-state index in [0.29, 0.717) is 38.5 Å². The minimum atomic E-state index is -0.154. The van der Waals surface area contributed by atoms with E-state index in [2.05, 4.69) is 15.3 Å². The molecule has 0 aromatic carbocycles. The number of aromatic amines is 1. The van der Waals surface area contributed by atoms with Crippen molar-refractivity contribution >= 4 is 11.7 Å². The first-order valence-corrected chi connectivity index (χ1v) is 9.03. The van der Waals surface area contributed by atoms with Gasteiger partial charge in [-0.05, 0) is 19.8 Å². The predicted octanol–water partition coefficient (Wildman–Crippen LogP) is -0.0343. The Hall–Kier alpha value is -1.93. The fourth-order valence-electron chi connectivity index (χ4n) is 3.54. The van der Waals surface area contributed by atoms with Gasteiger partial charge in [-0.2, -0.15) is 0 Å². The minimum Gasteiger partial charge on any atom is -0.378 e. The highest BCUT2D eigenvalue weighted by Crippen LogP contribution is 2.15. The van der Waals surface area contributed by atoms with Crippen LogP contribution in [0.1, 0.15) is 26.2 Å². The number of anilines is 1. The maximum atomic E-state index is 12.3. The van der Waals surface area contributed by atoms with E-state index in [1.807, 2.05) is 16.7 Å². The third-order valence-corrected chi connectivity index (χ3v) is 4.77. The topological polar surface area (TPSA) is 90.6 Å². The number of carbonyl (C=O) groups is 1. The Morgan fingerprint density at radius 2 is 2.24 bits per heavy atom. The summed E-state index contributed by atoms with van der Waals surface area (Å²) in [5, 5.41) is 3.55. The lowest BCUT2D eigenvalue weighted by Gasteiger charge is -2.35. The molecule has 0 radical (unpaired) electrons. The molecule has 138 valence electrons. The van der Waals surface area contributed by atoms with E-state index < -0.39 is 0 Å². The molecule has 8 nitrogen and oxygen atoms in total. The summed E-state index contributed by atoms with van der Waals surface area (Å²) in [6.45, 7) is 6.24.